The van der Waals surface area contributed by atoms with Crippen molar-refractivity contribution in [3.05, 3.63) is 70.9 Å². The van der Waals surface area contributed by atoms with Crippen molar-refractivity contribution in [1.82, 2.24) is 5.43 Å². The molecule has 0 aliphatic carbocycles. The molecule has 26 heavy (non-hydrogen) atoms. The fraction of sp³-hybridized carbons (Fsp3) is 0.0526. The molecule has 0 saturated heterocycles. The standard InChI is InChI=1S/C19H15ClN2O4/c1-25-18-10-13(5-7-16(18)23)19(24)22-21-11-15-6-8-17(26-15)12-3-2-4-14(20)9-12/h2-11,23H,1H3,(H,22,24)/b21-11+. The molecule has 2 N–H and O–H groups in total. The first kappa shape index (κ1) is 17.6. The Morgan fingerprint density at radius 1 is 1.23 bits per heavy atom. The smallest absolute Gasteiger partial charge is 0.271 e. The molecule has 1 aromatic heterocycles. The number of nitrogens with zero attached hydrogens (tertiary/aromatic N) is 1. The van der Waals surface area contributed by atoms with Gasteiger partial charge >= 0.3 is 0 Å². The summed E-state index contributed by atoms with van der Waals surface area (Å²) in [6, 6.07) is 15.1. The van der Waals surface area contributed by atoms with Crippen molar-refractivity contribution < 1.29 is 19.1 Å². The highest BCUT2D eigenvalue weighted by Gasteiger charge is 2.09. The second kappa shape index (κ2) is 7.76. The number of rotatable bonds is 5. The maximum Gasteiger partial charge on any atom is 0.271 e. The normalized spacial score (nSPS) is 10.8. The van der Waals surface area contributed by atoms with Crippen molar-refractivity contribution in [2.45, 2.75) is 0 Å². The second-order valence-corrected chi connectivity index (χ2v) is 5.73. The molecule has 0 unspecified atom stereocenters. The average Bonchev–Trinajstić information content (AvgIpc) is 3.11. The maximum atomic E-state index is 12.1. The fourth-order valence-electron chi connectivity index (χ4n) is 2.26. The van der Waals surface area contributed by atoms with Crippen LogP contribution in [0.15, 0.2) is 64.1 Å². The number of carbonyl (C=O) groups excluding carboxylic acids is 1. The topological polar surface area (TPSA) is 84.1 Å². The quantitative estimate of drug-likeness (QED) is 0.523. The summed E-state index contributed by atoms with van der Waals surface area (Å²) in [5.74, 6) is 0.837. The number of nitrogens with one attached hydrogen (secondary N) is 1. The minimum Gasteiger partial charge on any atom is -0.504 e. The highest BCUT2D eigenvalue weighted by Crippen LogP contribution is 2.26. The van der Waals surface area contributed by atoms with Crippen LogP contribution in [-0.2, 0) is 0 Å². The molecule has 132 valence electrons. The number of hydrogen-bond donors (Lipinski definition) is 2. The van der Waals surface area contributed by atoms with E-state index in [1.54, 1.807) is 24.3 Å². The predicted molar refractivity (Wildman–Crippen MR) is 98.9 cm³/mol. The molecule has 0 aliphatic heterocycles. The number of phenolic OH excluding ortho intramolecular Hbond substituents is 1. The molecule has 0 radical (unpaired) electrons. The summed E-state index contributed by atoms with van der Waals surface area (Å²) in [6.07, 6.45) is 1.39. The van der Waals surface area contributed by atoms with Gasteiger partial charge in [0.05, 0.1) is 13.3 Å². The Kier molecular flexibility index (Phi) is 5.24. The summed E-state index contributed by atoms with van der Waals surface area (Å²) in [6.45, 7) is 0. The van der Waals surface area contributed by atoms with Gasteiger partial charge in [0.2, 0.25) is 0 Å². The van der Waals surface area contributed by atoms with Crippen molar-refractivity contribution in [1.29, 1.82) is 0 Å². The largest absolute Gasteiger partial charge is 0.504 e. The number of amides is 1. The van der Waals surface area contributed by atoms with Crippen molar-refractivity contribution in [3.63, 3.8) is 0 Å². The first-order valence-electron chi connectivity index (χ1n) is 7.63. The fourth-order valence-corrected chi connectivity index (χ4v) is 2.45. The number of halogens is 1. The third kappa shape index (κ3) is 4.04. The summed E-state index contributed by atoms with van der Waals surface area (Å²) in [5, 5.41) is 14.0. The van der Waals surface area contributed by atoms with Gasteiger partial charge in [-0.25, -0.2) is 5.43 Å². The SMILES string of the molecule is COc1cc(C(=O)N/N=C/c2ccc(-c3cccc(Cl)c3)o2)ccc1O. The molecule has 2 aromatic carbocycles. The Balaban J connectivity index is 1.66. The van der Waals surface area contributed by atoms with Gasteiger partial charge in [-0.15, -0.1) is 0 Å². The molecule has 0 bridgehead atoms. The molecular weight excluding hydrogens is 356 g/mol. The van der Waals surface area contributed by atoms with Crippen LogP contribution in [-0.4, -0.2) is 24.3 Å². The molecule has 3 aromatic rings. The molecule has 0 aliphatic rings. The van der Waals surface area contributed by atoms with Crippen molar-refractivity contribution >= 4 is 23.7 Å². The number of methoxy groups -OCH3 is 1. The number of hydrogen-bond acceptors (Lipinski definition) is 5. The summed E-state index contributed by atoms with van der Waals surface area (Å²) in [5.41, 5.74) is 3.54. The monoisotopic (exact) mass is 370 g/mol. The summed E-state index contributed by atoms with van der Waals surface area (Å²) in [4.78, 5) is 12.1. The van der Waals surface area contributed by atoms with Gasteiger partial charge < -0.3 is 14.3 Å². The van der Waals surface area contributed by atoms with E-state index >= 15 is 0 Å². The number of ether oxygens (including phenoxy) is 1. The predicted octanol–water partition coefficient (Wildman–Crippen LogP) is 4.08. The molecule has 0 spiro atoms. The lowest BCUT2D eigenvalue weighted by Crippen LogP contribution is -2.17. The van der Waals surface area contributed by atoms with Crippen LogP contribution in [0.5, 0.6) is 11.5 Å². The van der Waals surface area contributed by atoms with Gasteiger partial charge in [0.1, 0.15) is 11.5 Å². The zero-order chi connectivity index (χ0) is 18.5. The van der Waals surface area contributed by atoms with Crippen LogP contribution in [0.1, 0.15) is 16.1 Å². The number of hydrazone groups is 1. The van der Waals surface area contributed by atoms with Gasteiger partial charge in [0.25, 0.3) is 5.91 Å². The van der Waals surface area contributed by atoms with E-state index in [4.69, 9.17) is 20.8 Å². The van der Waals surface area contributed by atoms with Crippen molar-refractivity contribution in [2.75, 3.05) is 7.11 Å². The van der Waals surface area contributed by atoms with Crippen LogP contribution in [0.4, 0.5) is 0 Å². The Bertz CT molecular complexity index is 966. The number of carbonyl (C=O) groups is 1. The molecule has 0 atom stereocenters. The van der Waals surface area contributed by atoms with Gasteiger partial charge in [-0.1, -0.05) is 23.7 Å². The van der Waals surface area contributed by atoms with Crippen LogP contribution in [0.2, 0.25) is 5.02 Å². The summed E-state index contributed by atoms with van der Waals surface area (Å²) >= 11 is 5.97. The molecule has 1 heterocycles. The highest BCUT2D eigenvalue weighted by atomic mass is 35.5. The number of aromatic hydroxyl groups is 1. The van der Waals surface area contributed by atoms with E-state index in [1.807, 2.05) is 12.1 Å². The lowest BCUT2D eigenvalue weighted by Gasteiger charge is -2.05. The first-order valence-corrected chi connectivity index (χ1v) is 8.01. The van der Waals surface area contributed by atoms with E-state index < -0.39 is 5.91 Å². The van der Waals surface area contributed by atoms with Crippen LogP contribution < -0.4 is 10.2 Å². The molecular formula is C19H15ClN2O4. The number of furan rings is 1. The molecule has 6 nitrogen and oxygen atoms in total. The summed E-state index contributed by atoms with van der Waals surface area (Å²) in [7, 11) is 1.41. The highest BCUT2D eigenvalue weighted by molar-refractivity contribution is 6.30. The van der Waals surface area contributed by atoms with Gasteiger partial charge in [-0.05, 0) is 42.5 Å². The summed E-state index contributed by atoms with van der Waals surface area (Å²) < 4.78 is 10.6. The van der Waals surface area contributed by atoms with Crippen LogP contribution >= 0.6 is 11.6 Å². The Hall–Kier alpha value is -3.25. The Labute approximate surface area is 154 Å². The van der Waals surface area contributed by atoms with Crippen molar-refractivity contribution in [2.24, 2.45) is 5.10 Å². The second-order valence-electron chi connectivity index (χ2n) is 5.30. The van der Waals surface area contributed by atoms with E-state index in [2.05, 4.69) is 10.5 Å². The Morgan fingerprint density at radius 3 is 2.85 bits per heavy atom. The lowest BCUT2D eigenvalue weighted by atomic mass is 10.2. The van der Waals surface area contributed by atoms with Gasteiger partial charge in [-0.3, -0.25) is 4.79 Å². The Morgan fingerprint density at radius 2 is 2.08 bits per heavy atom. The first-order chi connectivity index (χ1) is 12.6. The molecule has 1 amide bonds. The van der Waals surface area contributed by atoms with E-state index in [0.29, 0.717) is 22.1 Å². The average molecular weight is 371 g/mol. The third-order valence-electron chi connectivity index (χ3n) is 3.54. The van der Waals surface area contributed by atoms with Crippen LogP contribution in [0, 0.1) is 0 Å². The van der Waals surface area contributed by atoms with Gasteiger partial charge in [0, 0.05) is 16.1 Å². The van der Waals surface area contributed by atoms with Gasteiger partial charge in [-0.2, -0.15) is 5.10 Å². The van der Waals surface area contributed by atoms with E-state index in [1.165, 1.54) is 31.5 Å². The third-order valence-corrected chi connectivity index (χ3v) is 3.77. The molecule has 0 saturated carbocycles. The zero-order valence-electron chi connectivity index (χ0n) is 13.8. The minimum atomic E-state index is -0.443. The lowest BCUT2D eigenvalue weighted by molar-refractivity contribution is 0.0954. The molecule has 7 heteroatoms. The van der Waals surface area contributed by atoms with Crippen molar-refractivity contribution in [3.8, 4) is 22.8 Å². The molecule has 3 rings (SSSR count). The van der Waals surface area contributed by atoms with Crippen LogP contribution in [0.25, 0.3) is 11.3 Å². The minimum absolute atomic E-state index is 0.0447. The van der Waals surface area contributed by atoms with E-state index in [9.17, 15) is 9.90 Å². The van der Waals surface area contributed by atoms with Crippen LogP contribution in [0.3, 0.4) is 0 Å². The zero-order valence-corrected chi connectivity index (χ0v) is 14.5. The number of benzene rings is 2. The molecule has 0 fully saturated rings. The number of phenols is 1. The van der Waals surface area contributed by atoms with E-state index in [-0.39, 0.29) is 11.5 Å². The van der Waals surface area contributed by atoms with E-state index in [0.717, 1.165) is 5.56 Å². The maximum absolute atomic E-state index is 12.1. The van der Waals surface area contributed by atoms with Gasteiger partial charge in [0.15, 0.2) is 11.5 Å².